The van der Waals surface area contributed by atoms with E-state index in [0.717, 1.165) is 37.0 Å². The van der Waals surface area contributed by atoms with Gasteiger partial charge in [0, 0.05) is 31.6 Å². The van der Waals surface area contributed by atoms with Gasteiger partial charge in [0.25, 0.3) is 5.91 Å². The second-order valence-corrected chi connectivity index (χ2v) is 8.65. The van der Waals surface area contributed by atoms with Crippen LogP contribution in [0.3, 0.4) is 0 Å². The first-order valence-electron chi connectivity index (χ1n) is 11.3. The van der Waals surface area contributed by atoms with Crippen molar-refractivity contribution < 1.29 is 9.53 Å². The molecule has 0 saturated heterocycles. The van der Waals surface area contributed by atoms with E-state index in [0.29, 0.717) is 12.2 Å². The van der Waals surface area contributed by atoms with Crippen LogP contribution in [0.2, 0.25) is 0 Å². The van der Waals surface area contributed by atoms with E-state index in [2.05, 4.69) is 41.4 Å². The predicted molar refractivity (Wildman–Crippen MR) is 121 cm³/mol. The van der Waals surface area contributed by atoms with Crippen LogP contribution < -0.4 is 4.74 Å². The average Bonchev–Trinajstić information content (AvgIpc) is 3.47. The molecular weight excluding hydrogens is 384 g/mol. The van der Waals surface area contributed by atoms with Crippen LogP contribution in [0.15, 0.2) is 72.9 Å². The van der Waals surface area contributed by atoms with E-state index in [9.17, 15) is 4.79 Å². The fourth-order valence-electron chi connectivity index (χ4n) is 4.93. The van der Waals surface area contributed by atoms with E-state index in [-0.39, 0.29) is 18.1 Å². The van der Waals surface area contributed by atoms with Gasteiger partial charge in [-0.1, -0.05) is 55.3 Å². The molecule has 0 atom stereocenters. The minimum Gasteiger partial charge on any atom is -0.490 e. The number of carbonyl (C=O) groups is 1. The second-order valence-electron chi connectivity index (χ2n) is 8.65. The van der Waals surface area contributed by atoms with Gasteiger partial charge >= 0.3 is 0 Å². The van der Waals surface area contributed by atoms with E-state index in [1.807, 2.05) is 35.2 Å². The number of amides is 1. The molecule has 0 N–H and O–H groups in total. The zero-order valence-corrected chi connectivity index (χ0v) is 17.7. The first-order valence-corrected chi connectivity index (χ1v) is 11.3. The summed E-state index contributed by atoms with van der Waals surface area (Å²) in [5.41, 5.74) is 4.39. The van der Waals surface area contributed by atoms with Crippen LogP contribution in [0, 0.1) is 0 Å². The maximum absolute atomic E-state index is 13.3. The number of ether oxygens (including phenoxy) is 1. The SMILES string of the molecule is O=C(c1ccccn1)N(Cc1cccc(OC2Cc3ccccc3C2)c1)C1CCCC1. The Morgan fingerprint density at radius 2 is 1.68 bits per heavy atom. The molecule has 31 heavy (non-hydrogen) atoms. The molecule has 2 aliphatic carbocycles. The molecule has 0 radical (unpaired) electrons. The van der Waals surface area contributed by atoms with Crippen molar-refractivity contribution in [2.45, 2.75) is 57.2 Å². The van der Waals surface area contributed by atoms with Crippen molar-refractivity contribution in [1.29, 1.82) is 0 Å². The maximum Gasteiger partial charge on any atom is 0.272 e. The Kier molecular flexibility index (Phi) is 5.70. The smallest absolute Gasteiger partial charge is 0.272 e. The van der Waals surface area contributed by atoms with Crippen molar-refractivity contribution >= 4 is 5.91 Å². The van der Waals surface area contributed by atoms with Crippen LogP contribution in [0.25, 0.3) is 0 Å². The minimum atomic E-state index is 0.0186. The van der Waals surface area contributed by atoms with Crippen LogP contribution >= 0.6 is 0 Å². The molecule has 1 saturated carbocycles. The van der Waals surface area contributed by atoms with Gasteiger partial charge in [0.05, 0.1) is 0 Å². The third-order valence-electron chi connectivity index (χ3n) is 6.48. The molecule has 5 rings (SSSR count). The Bertz CT molecular complexity index is 1020. The summed E-state index contributed by atoms with van der Waals surface area (Å²) in [6.07, 6.45) is 8.26. The molecule has 158 valence electrons. The lowest BCUT2D eigenvalue weighted by molar-refractivity contribution is 0.0658. The first kappa shape index (κ1) is 19.8. The van der Waals surface area contributed by atoms with Gasteiger partial charge in [0.2, 0.25) is 0 Å². The quantitative estimate of drug-likeness (QED) is 0.558. The van der Waals surface area contributed by atoms with Gasteiger partial charge in [-0.2, -0.15) is 0 Å². The third-order valence-corrected chi connectivity index (χ3v) is 6.48. The Morgan fingerprint density at radius 3 is 2.39 bits per heavy atom. The van der Waals surface area contributed by atoms with Crippen molar-refractivity contribution in [2.75, 3.05) is 0 Å². The topological polar surface area (TPSA) is 42.4 Å². The summed E-state index contributed by atoms with van der Waals surface area (Å²) in [6, 6.07) is 22.6. The maximum atomic E-state index is 13.3. The molecule has 1 fully saturated rings. The Balaban J connectivity index is 1.31. The van der Waals surface area contributed by atoms with Crippen molar-refractivity contribution in [2.24, 2.45) is 0 Å². The fourth-order valence-corrected chi connectivity index (χ4v) is 4.93. The van der Waals surface area contributed by atoms with E-state index < -0.39 is 0 Å². The molecule has 2 aliphatic rings. The average molecular weight is 413 g/mol. The standard InChI is InChI=1S/C27H28N2O2/c30-27(26-14-5-6-15-28-26)29(23-11-3-4-12-23)19-20-8-7-13-24(16-20)31-25-17-21-9-1-2-10-22(21)18-25/h1-2,5-10,13-16,23,25H,3-4,11-12,17-19H2. The van der Waals surface area contributed by atoms with E-state index >= 15 is 0 Å². The van der Waals surface area contributed by atoms with Crippen molar-refractivity contribution in [1.82, 2.24) is 9.88 Å². The second kappa shape index (κ2) is 8.93. The lowest BCUT2D eigenvalue weighted by atomic mass is 10.1. The monoisotopic (exact) mass is 412 g/mol. The summed E-state index contributed by atoms with van der Waals surface area (Å²) < 4.78 is 6.33. The van der Waals surface area contributed by atoms with Gasteiger partial charge in [-0.3, -0.25) is 9.78 Å². The van der Waals surface area contributed by atoms with E-state index in [1.165, 1.54) is 24.0 Å². The summed E-state index contributed by atoms with van der Waals surface area (Å²) in [5, 5.41) is 0. The lowest BCUT2D eigenvalue weighted by Gasteiger charge is -2.29. The van der Waals surface area contributed by atoms with Crippen molar-refractivity contribution in [3.63, 3.8) is 0 Å². The van der Waals surface area contributed by atoms with Gasteiger partial charge in [-0.25, -0.2) is 0 Å². The molecule has 0 aliphatic heterocycles. The van der Waals surface area contributed by atoms with Gasteiger partial charge in [-0.15, -0.1) is 0 Å². The zero-order chi connectivity index (χ0) is 21.0. The van der Waals surface area contributed by atoms with E-state index in [1.54, 1.807) is 6.20 Å². The van der Waals surface area contributed by atoms with Crippen molar-refractivity contribution in [3.05, 3.63) is 95.3 Å². The molecule has 1 heterocycles. The summed E-state index contributed by atoms with van der Waals surface area (Å²) in [4.78, 5) is 19.6. The van der Waals surface area contributed by atoms with Crippen LogP contribution in [-0.2, 0) is 19.4 Å². The minimum absolute atomic E-state index is 0.0186. The summed E-state index contributed by atoms with van der Waals surface area (Å²) in [7, 11) is 0. The highest BCUT2D eigenvalue weighted by atomic mass is 16.5. The number of benzene rings is 2. The molecule has 4 heteroatoms. The Morgan fingerprint density at radius 1 is 0.935 bits per heavy atom. The number of aromatic nitrogens is 1. The Hall–Kier alpha value is -3.14. The fraction of sp³-hybridized carbons (Fsp3) is 0.333. The first-order chi connectivity index (χ1) is 15.3. The number of pyridine rings is 1. The summed E-state index contributed by atoms with van der Waals surface area (Å²) in [5.74, 6) is 0.900. The normalized spacial score (nSPS) is 16.3. The lowest BCUT2D eigenvalue weighted by Crippen LogP contribution is -2.38. The molecule has 3 aromatic rings. The van der Waals surface area contributed by atoms with Crippen LogP contribution in [-0.4, -0.2) is 27.9 Å². The highest BCUT2D eigenvalue weighted by Crippen LogP contribution is 2.29. The highest BCUT2D eigenvalue weighted by molar-refractivity contribution is 5.92. The highest BCUT2D eigenvalue weighted by Gasteiger charge is 2.28. The number of rotatable bonds is 6. The van der Waals surface area contributed by atoms with Crippen LogP contribution in [0.4, 0.5) is 0 Å². The molecule has 0 unspecified atom stereocenters. The third kappa shape index (κ3) is 4.48. The number of fused-ring (bicyclic) bond motifs is 1. The van der Waals surface area contributed by atoms with Gasteiger partial charge in [-0.05, 0) is 53.8 Å². The van der Waals surface area contributed by atoms with Gasteiger partial charge < -0.3 is 9.64 Å². The summed E-state index contributed by atoms with van der Waals surface area (Å²) >= 11 is 0. The zero-order valence-electron chi connectivity index (χ0n) is 17.7. The van der Waals surface area contributed by atoms with Crippen LogP contribution in [0.1, 0.15) is 52.9 Å². The van der Waals surface area contributed by atoms with Gasteiger partial charge in [0.1, 0.15) is 17.5 Å². The number of carbonyl (C=O) groups excluding carboxylic acids is 1. The molecule has 2 aromatic carbocycles. The number of hydrogen-bond donors (Lipinski definition) is 0. The largest absolute Gasteiger partial charge is 0.490 e. The summed E-state index contributed by atoms with van der Waals surface area (Å²) in [6.45, 7) is 0.585. The predicted octanol–water partition coefficient (Wildman–Crippen LogP) is 5.21. The molecule has 0 spiro atoms. The van der Waals surface area contributed by atoms with E-state index in [4.69, 9.17) is 4.74 Å². The Labute approximate surface area is 183 Å². The molecule has 1 aromatic heterocycles. The molecular formula is C27H28N2O2. The number of hydrogen-bond acceptors (Lipinski definition) is 3. The van der Waals surface area contributed by atoms with Gasteiger partial charge in [0.15, 0.2) is 0 Å². The number of nitrogens with zero attached hydrogens (tertiary/aromatic N) is 2. The molecule has 0 bridgehead atoms. The van der Waals surface area contributed by atoms with Crippen molar-refractivity contribution in [3.8, 4) is 5.75 Å². The molecule has 1 amide bonds. The molecule has 4 nitrogen and oxygen atoms in total. The van der Waals surface area contributed by atoms with Crippen LogP contribution in [0.5, 0.6) is 5.75 Å².